The monoisotopic (exact) mass is 280 g/mol. The van der Waals surface area contributed by atoms with Gasteiger partial charge in [0.25, 0.3) is 0 Å². The second kappa shape index (κ2) is 14.4. The molecule has 0 rings (SSSR count). The van der Waals surface area contributed by atoms with Gasteiger partial charge < -0.3 is 5.73 Å². The van der Waals surface area contributed by atoms with Crippen LogP contribution >= 0.6 is 0 Å². The van der Waals surface area contributed by atoms with Crippen molar-refractivity contribution in [3.8, 4) is 6.07 Å². The maximum atomic E-state index is 10.9. The second-order valence-corrected chi connectivity index (χ2v) is 5.76. The summed E-state index contributed by atoms with van der Waals surface area (Å²) < 4.78 is 0. The van der Waals surface area contributed by atoms with Crippen molar-refractivity contribution < 1.29 is 4.79 Å². The highest BCUT2D eigenvalue weighted by Crippen LogP contribution is 2.14. The molecule has 0 heterocycles. The zero-order valence-corrected chi connectivity index (χ0v) is 13.2. The molecule has 1 atom stereocenters. The first-order chi connectivity index (χ1) is 9.72. The lowest BCUT2D eigenvalue weighted by Crippen LogP contribution is -2.21. The van der Waals surface area contributed by atoms with Crippen LogP contribution in [0.1, 0.15) is 90.4 Å². The predicted octanol–water partition coefficient (Wildman–Crippen LogP) is 4.70. The van der Waals surface area contributed by atoms with E-state index in [4.69, 9.17) is 11.0 Å². The van der Waals surface area contributed by atoms with Crippen molar-refractivity contribution in [3.63, 3.8) is 0 Å². The van der Waals surface area contributed by atoms with Gasteiger partial charge in [0, 0.05) is 0 Å². The first-order valence-corrected chi connectivity index (χ1v) is 8.41. The number of primary amides is 1. The Hall–Kier alpha value is -1.04. The molecule has 0 radical (unpaired) electrons. The largest absolute Gasteiger partial charge is 0.369 e. The third kappa shape index (κ3) is 12.0. The Morgan fingerprint density at radius 3 is 1.65 bits per heavy atom. The first-order valence-electron chi connectivity index (χ1n) is 8.41. The average Bonchev–Trinajstić information content (AvgIpc) is 2.43. The van der Waals surface area contributed by atoms with Gasteiger partial charge in [0.2, 0.25) is 5.91 Å². The van der Waals surface area contributed by atoms with Gasteiger partial charge in [0.1, 0.15) is 5.92 Å². The van der Waals surface area contributed by atoms with Gasteiger partial charge in [-0.25, -0.2) is 0 Å². The number of hydrogen-bond donors (Lipinski definition) is 1. The van der Waals surface area contributed by atoms with Crippen LogP contribution in [0, 0.1) is 17.2 Å². The molecule has 0 fully saturated rings. The number of unbranched alkanes of at least 4 members (excludes halogenated alkanes) is 11. The zero-order valence-electron chi connectivity index (χ0n) is 13.2. The van der Waals surface area contributed by atoms with Crippen LogP contribution in [0.3, 0.4) is 0 Å². The van der Waals surface area contributed by atoms with Gasteiger partial charge in [0.15, 0.2) is 0 Å². The van der Waals surface area contributed by atoms with Crippen molar-refractivity contribution in [1.82, 2.24) is 0 Å². The topological polar surface area (TPSA) is 66.9 Å². The van der Waals surface area contributed by atoms with Crippen molar-refractivity contribution in [2.24, 2.45) is 11.7 Å². The summed E-state index contributed by atoms with van der Waals surface area (Å²) in [5, 5.41) is 8.72. The van der Waals surface area contributed by atoms with Gasteiger partial charge in [-0.05, 0) is 6.42 Å². The number of hydrogen-bond acceptors (Lipinski definition) is 2. The van der Waals surface area contributed by atoms with Gasteiger partial charge in [0.05, 0.1) is 6.07 Å². The summed E-state index contributed by atoms with van der Waals surface area (Å²) in [6.07, 6.45) is 16.1. The molecule has 0 aromatic rings. The molecule has 0 aliphatic heterocycles. The van der Waals surface area contributed by atoms with Crippen LogP contribution in [0.5, 0.6) is 0 Å². The Labute approximate surface area is 124 Å². The maximum Gasteiger partial charge on any atom is 0.234 e. The Morgan fingerprint density at radius 1 is 0.900 bits per heavy atom. The fraction of sp³-hybridized carbons (Fsp3) is 0.882. The molecule has 0 aromatic carbocycles. The van der Waals surface area contributed by atoms with E-state index in [1.54, 1.807) is 0 Å². The number of amides is 1. The molecule has 20 heavy (non-hydrogen) atoms. The smallest absolute Gasteiger partial charge is 0.234 e. The normalized spacial score (nSPS) is 12.0. The highest BCUT2D eigenvalue weighted by Gasteiger charge is 2.12. The molecule has 2 N–H and O–H groups in total. The van der Waals surface area contributed by atoms with Gasteiger partial charge in [-0.1, -0.05) is 84.0 Å². The van der Waals surface area contributed by atoms with E-state index < -0.39 is 11.8 Å². The molecule has 0 saturated carbocycles. The van der Waals surface area contributed by atoms with E-state index in [1.165, 1.54) is 64.2 Å². The quantitative estimate of drug-likeness (QED) is 0.468. The van der Waals surface area contributed by atoms with Crippen LogP contribution in [0.2, 0.25) is 0 Å². The molecule has 0 bridgehead atoms. The second-order valence-electron chi connectivity index (χ2n) is 5.76. The van der Waals surface area contributed by atoms with Crippen LogP contribution in [0.15, 0.2) is 0 Å². The molecule has 0 saturated heterocycles. The van der Waals surface area contributed by atoms with Gasteiger partial charge in [-0.15, -0.1) is 0 Å². The van der Waals surface area contributed by atoms with Crippen LogP contribution in [-0.2, 0) is 4.79 Å². The van der Waals surface area contributed by atoms with E-state index in [0.29, 0.717) is 6.42 Å². The summed E-state index contributed by atoms with van der Waals surface area (Å²) in [5.41, 5.74) is 5.13. The van der Waals surface area contributed by atoms with Gasteiger partial charge in [-0.2, -0.15) is 5.26 Å². The van der Waals surface area contributed by atoms with E-state index >= 15 is 0 Å². The number of nitrogens with two attached hydrogens (primary N) is 1. The molecule has 0 aliphatic rings. The number of nitriles is 1. The van der Waals surface area contributed by atoms with Crippen LogP contribution < -0.4 is 5.73 Å². The minimum atomic E-state index is -0.585. The lowest BCUT2D eigenvalue weighted by Gasteiger charge is -2.05. The summed E-state index contributed by atoms with van der Waals surface area (Å²) in [7, 11) is 0. The molecule has 0 aromatic heterocycles. The van der Waals surface area contributed by atoms with Gasteiger partial charge in [-0.3, -0.25) is 4.79 Å². The summed E-state index contributed by atoms with van der Waals surface area (Å²) in [5.74, 6) is -1.06. The third-order valence-corrected chi connectivity index (χ3v) is 3.85. The summed E-state index contributed by atoms with van der Waals surface area (Å²) in [4.78, 5) is 10.9. The van der Waals surface area contributed by atoms with E-state index in [0.717, 1.165) is 12.8 Å². The van der Waals surface area contributed by atoms with Crippen molar-refractivity contribution in [2.75, 3.05) is 0 Å². The Morgan fingerprint density at radius 2 is 1.30 bits per heavy atom. The number of carbonyl (C=O) groups is 1. The van der Waals surface area contributed by atoms with Gasteiger partial charge >= 0.3 is 0 Å². The molecule has 0 spiro atoms. The third-order valence-electron chi connectivity index (χ3n) is 3.85. The average molecular weight is 280 g/mol. The highest BCUT2D eigenvalue weighted by atomic mass is 16.1. The van der Waals surface area contributed by atoms with Crippen molar-refractivity contribution in [2.45, 2.75) is 90.4 Å². The number of nitrogens with zero attached hydrogens (tertiary/aromatic N) is 1. The van der Waals surface area contributed by atoms with E-state index in [-0.39, 0.29) is 0 Å². The molecular weight excluding hydrogens is 248 g/mol. The van der Waals surface area contributed by atoms with E-state index in [9.17, 15) is 4.79 Å². The zero-order chi connectivity index (χ0) is 15.1. The van der Waals surface area contributed by atoms with Crippen molar-refractivity contribution in [1.29, 1.82) is 5.26 Å². The molecule has 1 unspecified atom stereocenters. The van der Waals surface area contributed by atoms with E-state index in [1.807, 2.05) is 6.07 Å². The Kier molecular flexibility index (Phi) is 13.6. The van der Waals surface area contributed by atoms with E-state index in [2.05, 4.69) is 6.92 Å². The van der Waals surface area contributed by atoms with Crippen LogP contribution in [0.25, 0.3) is 0 Å². The minimum Gasteiger partial charge on any atom is -0.369 e. The number of rotatable bonds is 14. The van der Waals surface area contributed by atoms with Crippen molar-refractivity contribution >= 4 is 5.91 Å². The lowest BCUT2D eigenvalue weighted by atomic mass is 10.0. The standard InChI is InChI=1S/C17H32N2O/c1-2-3-4-5-6-7-8-9-10-11-12-13-14-16(15-18)17(19)20/h16H,2-14H2,1H3,(H2,19,20). The fourth-order valence-electron chi connectivity index (χ4n) is 2.46. The minimum absolute atomic E-state index is 0.476. The maximum absolute atomic E-state index is 10.9. The summed E-state index contributed by atoms with van der Waals surface area (Å²) in [6.45, 7) is 2.25. The molecule has 1 amide bonds. The molecule has 0 aliphatic carbocycles. The molecular formula is C17H32N2O. The van der Waals surface area contributed by atoms with Crippen molar-refractivity contribution in [3.05, 3.63) is 0 Å². The Bertz CT molecular complexity index is 271. The fourth-order valence-corrected chi connectivity index (χ4v) is 2.46. The Balaban J connectivity index is 3.17. The van der Waals surface area contributed by atoms with Crippen LogP contribution in [-0.4, -0.2) is 5.91 Å². The first kappa shape index (κ1) is 19.0. The van der Waals surface area contributed by atoms with Crippen LogP contribution in [0.4, 0.5) is 0 Å². The molecule has 116 valence electrons. The highest BCUT2D eigenvalue weighted by molar-refractivity contribution is 5.79. The lowest BCUT2D eigenvalue weighted by molar-refractivity contribution is -0.120. The summed E-state index contributed by atoms with van der Waals surface area (Å²) in [6, 6.07) is 1.97. The summed E-state index contributed by atoms with van der Waals surface area (Å²) >= 11 is 0. The molecule has 3 heteroatoms. The predicted molar refractivity (Wildman–Crippen MR) is 84.0 cm³/mol. The SMILES string of the molecule is CCCCCCCCCCCCCCC(C#N)C(N)=O. The molecule has 3 nitrogen and oxygen atoms in total. The number of carbonyl (C=O) groups excluding carboxylic acids is 1.